The number of carbonyl (C=O) groups excluding carboxylic acids is 1. The number of nitrogens with one attached hydrogen (secondary N) is 2. The van der Waals surface area contributed by atoms with Gasteiger partial charge in [0.2, 0.25) is 5.91 Å². The Morgan fingerprint density at radius 1 is 1.00 bits per heavy atom. The lowest BCUT2D eigenvalue weighted by Gasteiger charge is -2.20. The second-order valence-corrected chi connectivity index (χ2v) is 6.47. The molecule has 0 spiro atoms. The van der Waals surface area contributed by atoms with Crippen molar-refractivity contribution in [3.05, 3.63) is 47.5 Å². The van der Waals surface area contributed by atoms with Crippen LogP contribution in [0.15, 0.2) is 36.4 Å². The highest BCUT2D eigenvalue weighted by Gasteiger charge is 2.21. The van der Waals surface area contributed by atoms with Crippen LogP contribution in [-0.2, 0) is 11.3 Å². The van der Waals surface area contributed by atoms with Gasteiger partial charge in [0.15, 0.2) is 5.82 Å². The first-order chi connectivity index (χ1) is 11.7. The predicted molar refractivity (Wildman–Crippen MR) is 95.7 cm³/mol. The van der Waals surface area contributed by atoms with Gasteiger partial charge in [-0.25, -0.2) is 0 Å². The molecular weight excluding hydrogens is 300 g/mol. The number of aromatic nitrogens is 2. The van der Waals surface area contributed by atoms with E-state index in [-0.39, 0.29) is 11.8 Å². The van der Waals surface area contributed by atoms with E-state index in [1.165, 1.54) is 17.5 Å². The summed E-state index contributed by atoms with van der Waals surface area (Å²) >= 11 is 0. The number of hydrogen-bond acceptors (Lipinski definition) is 4. The molecule has 0 radical (unpaired) electrons. The fourth-order valence-corrected chi connectivity index (χ4v) is 2.98. The van der Waals surface area contributed by atoms with Gasteiger partial charge in [0.25, 0.3) is 0 Å². The molecule has 2 N–H and O–H groups in total. The van der Waals surface area contributed by atoms with Gasteiger partial charge in [0, 0.05) is 12.5 Å². The highest BCUT2D eigenvalue weighted by molar-refractivity contribution is 5.91. The van der Waals surface area contributed by atoms with Crippen molar-refractivity contribution >= 4 is 17.5 Å². The molecule has 1 aromatic heterocycles. The van der Waals surface area contributed by atoms with Crippen LogP contribution in [-0.4, -0.2) is 16.1 Å². The zero-order chi connectivity index (χ0) is 16.8. The molecule has 0 aliphatic heterocycles. The van der Waals surface area contributed by atoms with E-state index >= 15 is 0 Å². The Morgan fingerprint density at radius 3 is 2.33 bits per heavy atom. The van der Waals surface area contributed by atoms with Crippen LogP contribution in [0.3, 0.4) is 0 Å². The van der Waals surface area contributed by atoms with Gasteiger partial charge in [-0.2, -0.15) is 0 Å². The summed E-state index contributed by atoms with van der Waals surface area (Å²) in [5, 5.41) is 14.3. The van der Waals surface area contributed by atoms with Crippen molar-refractivity contribution in [3.8, 4) is 0 Å². The predicted octanol–water partition coefficient (Wildman–Crippen LogP) is 3.92. The summed E-state index contributed by atoms with van der Waals surface area (Å²) < 4.78 is 0. The Hall–Kier alpha value is -2.43. The molecule has 1 amide bonds. The quantitative estimate of drug-likeness (QED) is 0.875. The van der Waals surface area contributed by atoms with Crippen molar-refractivity contribution in [3.63, 3.8) is 0 Å². The summed E-state index contributed by atoms with van der Waals surface area (Å²) in [6.45, 7) is 2.77. The van der Waals surface area contributed by atoms with E-state index in [2.05, 4.69) is 52.0 Å². The molecule has 1 aliphatic carbocycles. The molecule has 0 bridgehead atoms. The summed E-state index contributed by atoms with van der Waals surface area (Å²) in [6.07, 6.45) is 5.49. The first-order valence-corrected chi connectivity index (χ1v) is 8.65. The maximum atomic E-state index is 12.2. The number of benzene rings is 1. The second kappa shape index (κ2) is 7.90. The van der Waals surface area contributed by atoms with Gasteiger partial charge in [-0.3, -0.25) is 4.79 Å². The third-order valence-corrected chi connectivity index (χ3v) is 4.49. The van der Waals surface area contributed by atoms with Crippen molar-refractivity contribution in [1.29, 1.82) is 0 Å². The molecule has 0 atom stereocenters. The number of carbonyl (C=O) groups is 1. The molecule has 1 saturated carbocycles. The largest absolute Gasteiger partial charge is 0.365 e. The lowest BCUT2D eigenvalue weighted by atomic mass is 9.89. The van der Waals surface area contributed by atoms with Crippen molar-refractivity contribution in [2.24, 2.45) is 5.92 Å². The summed E-state index contributed by atoms with van der Waals surface area (Å²) in [4.78, 5) is 12.2. The van der Waals surface area contributed by atoms with Gasteiger partial charge < -0.3 is 10.6 Å². The molecule has 3 rings (SSSR count). The monoisotopic (exact) mass is 324 g/mol. The van der Waals surface area contributed by atoms with Gasteiger partial charge in [0.05, 0.1) is 0 Å². The zero-order valence-corrected chi connectivity index (χ0v) is 14.1. The van der Waals surface area contributed by atoms with Crippen LogP contribution in [0.2, 0.25) is 0 Å². The topological polar surface area (TPSA) is 66.9 Å². The van der Waals surface area contributed by atoms with E-state index in [4.69, 9.17) is 0 Å². The number of rotatable bonds is 5. The van der Waals surface area contributed by atoms with E-state index < -0.39 is 0 Å². The van der Waals surface area contributed by atoms with Gasteiger partial charge in [-0.1, -0.05) is 49.1 Å². The fraction of sp³-hybridized carbons (Fsp3) is 0.421. The average molecular weight is 324 g/mol. The summed E-state index contributed by atoms with van der Waals surface area (Å²) in [5.41, 5.74) is 2.44. The maximum Gasteiger partial charge on any atom is 0.228 e. The SMILES string of the molecule is Cc1ccc(CNc2ccc(NC(=O)C3CCCCC3)nn2)cc1. The molecule has 1 aliphatic rings. The fourth-order valence-electron chi connectivity index (χ4n) is 2.98. The van der Waals surface area contributed by atoms with Crippen LogP contribution < -0.4 is 10.6 Å². The molecule has 2 aromatic rings. The lowest BCUT2D eigenvalue weighted by molar-refractivity contribution is -0.120. The summed E-state index contributed by atoms with van der Waals surface area (Å²) in [6, 6.07) is 12.0. The van der Waals surface area contributed by atoms with Crippen LogP contribution >= 0.6 is 0 Å². The lowest BCUT2D eigenvalue weighted by Crippen LogP contribution is -2.25. The molecule has 5 heteroatoms. The van der Waals surface area contributed by atoms with Gasteiger partial charge in [0.1, 0.15) is 5.82 Å². The standard InChI is InChI=1S/C19H24N4O/c1-14-7-9-15(10-8-14)13-20-17-11-12-18(23-22-17)21-19(24)16-5-3-2-4-6-16/h7-12,16H,2-6,13H2,1H3,(H,20,22)(H,21,23,24). The smallest absolute Gasteiger partial charge is 0.228 e. The molecule has 0 unspecified atom stereocenters. The molecule has 24 heavy (non-hydrogen) atoms. The van der Waals surface area contributed by atoms with E-state index in [1.54, 1.807) is 6.07 Å². The van der Waals surface area contributed by atoms with Crippen molar-refractivity contribution in [1.82, 2.24) is 10.2 Å². The van der Waals surface area contributed by atoms with Gasteiger partial charge >= 0.3 is 0 Å². The molecule has 1 fully saturated rings. The number of amides is 1. The van der Waals surface area contributed by atoms with E-state index in [9.17, 15) is 4.79 Å². The third-order valence-electron chi connectivity index (χ3n) is 4.49. The Kier molecular flexibility index (Phi) is 5.41. The van der Waals surface area contributed by atoms with E-state index in [0.29, 0.717) is 18.2 Å². The normalized spacial score (nSPS) is 15.0. The molecular formula is C19H24N4O. The van der Waals surface area contributed by atoms with Crippen molar-refractivity contribution in [2.45, 2.75) is 45.6 Å². The Labute approximate surface area is 142 Å². The van der Waals surface area contributed by atoms with Crippen molar-refractivity contribution < 1.29 is 4.79 Å². The molecule has 126 valence electrons. The van der Waals surface area contributed by atoms with Crippen molar-refractivity contribution in [2.75, 3.05) is 10.6 Å². The van der Waals surface area contributed by atoms with Crippen LogP contribution in [0.5, 0.6) is 0 Å². The Bertz CT molecular complexity index is 661. The molecule has 5 nitrogen and oxygen atoms in total. The van der Waals surface area contributed by atoms with E-state index in [0.717, 1.165) is 25.7 Å². The molecule has 1 heterocycles. The number of nitrogens with zero attached hydrogens (tertiary/aromatic N) is 2. The Morgan fingerprint density at radius 2 is 1.67 bits per heavy atom. The third kappa shape index (κ3) is 4.54. The molecule has 1 aromatic carbocycles. The minimum Gasteiger partial charge on any atom is -0.365 e. The number of anilines is 2. The van der Waals surface area contributed by atoms with Crippen LogP contribution in [0.4, 0.5) is 11.6 Å². The van der Waals surface area contributed by atoms with Crippen LogP contribution in [0.1, 0.15) is 43.2 Å². The Balaban J connectivity index is 1.51. The average Bonchev–Trinajstić information content (AvgIpc) is 2.63. The molecule has 0 saturated heterocycles. The zero-order valence-electron chi connectivity index (χ0n) is 14.1. The number of aryl methyl sites for hydroxylation is 1. The van der Waals surface area contributed by atoms with Gasteiger partial charge in [-0.15, -0.1) is 10.2 Å². The summed E-state index contributed by atoms with van der Waals surface area (Å²) in [7, 11) is 0. The second-order valence-electron chi connectivity index (χ2n) is 6.47. The van der Waals surface area contributed by atoms with Crippen LogP contribution in [0, 0.1) is 12.8 Å². The minimum absolute atomic E-state index is 0.0735. The van der Waals surface area contributed by atoms with Gasteiger partial charge in [-0.05, 0) is 37.5 Å². The van der Waals surface area contributed by atoms with Crippen LogP contribution in [0.25, 0.3) is 0 Å². The minimum atomic E-state index is 0.0735. The maximum absolute atomic E-state index is 12.2. The first-order valence-electron chi connectivity index (χ1n) is 8.65. The highest BCUT2D eigenvalue weighted by Crippen LogP contribution is 2.24. The summed E-state index contributed by atoms with van der Waals surface area (Å²) in [5.74, 6) is 1.42. The first kappa shape index (κ1) is 16.4. The van der Waals surface area contributed by atoms with E-state index in [1.807, 2.05) is 6.07 Å². The highest BCUT2D eigenvalue weighted by atomic mass is 16.1. The number of hydrogen-bond donors (Lipinski definition) is 2.